The van der Waals surface area contributed by atoms with Crippen molar-refractivity contribution in [1.82, 2.24) is 9.80 Å². The number of hydrogen-bond donors (Lipinski definition) is 0. The normalized spacial score (nSPS) is 22.8. The third-order valence-corrected chi connectivity index (χ3v) is 6.70. The summed E-state index contributed by atoms with van der Waals surface area (Å²) >= 11 is 0. The molecule has 28 heavy (non-hydrogen) atoms. The molecule has 0 saturated carbocycles. The van der Waals surface area contributed by atoms with Gasteiger partial charge in [0.05, 0.1) is 12.5 Å². The van der Waals surface area contributed by atoms with Crippen molar-refractivity contribution in [3.8, 4) is 5.75 Å². The highest BCUT2D eigenvalue weighted by atomic mass is 16.5. The molecule has 152 valence electrons. The van der Waals surface area contributed by atoms with Crippen LogP contribution in [-0.2, 0) is 22.4 Å². The maximum Gasteiger partial charge on any atom is 0.227 e. The molecule has 2 heterocycles. The first-order chi connectivity index (χ1) is 13.6. The van der Waals surface area contributed by atoms with Gasteiger partial charge in [-0.2, -0.15) is 0 Å². The fourth-order valence-electron chi connectivity index (χ4n) is 4.89. The summed E-state index contributed by atoms with van der Waals surface area (Å²) in [5, 5.41) is 0. The zero-order valence-corrected chi connectivity index (χ0v) is 17.0. The third kappa shape index (κ3) is 4.34. The lowest BCUT2D eigenvalue weighted by Gasteiger charge is -2.37. The molecule has 5 heteroatoms. The van der Waals surface area contributed by atoms with E-state index in [0.29, 0.717) is 12.5 Å². The van der Waals surface area contributed by atoms with E-state index in [4.69, 9.17) is 4.74 Å². The largest absolute Gasteiger partial charge is 0.493 e. The van der Waals surface area contributed by atoms with Crippen LogP contribution < -0.4 is 4.74 Å². The molecule has 0 N–H and O–H groups in total. The summed E-state index contributed by atoms with van der Waals surface area (Å²) in [6.07, 6.45) is 7.48. The Morgan fingerprint density at radius 2 is 1.79 bits per heavy atom. The quantitative estimate of drug-likeness (QED) is 0.802. The van der Waals surface area contributed by atoms with Gasteiger partial charge in [0.1, 0.15) is 5.75 Å². The number of benzene rings is 1. The van der Waals surface area contributed by atoms with E-state index in [0.717, 1.165) is 57.7 Å². The Hall–Kier alpha value is -2.04. The second-order valence-electron chi connectivity index (χ2n) is 8.67. The van der Waals surface area contributed by atoms with E-state index in [9.17, 15) is 9.59 Å². The van der Waals surface area contributed by atoms with Gasteiger partial charge < -0.3 is 14.5 Å². The first-order valence-electron chi connectivity index (χ1n) is 10.9. The van der Waals surface area contributed by atoms with E-state index in [1.807, 2.05) is 9.80 Å². The molecule has 2 amide bonds. The van der Waals surface area contributed by atoms with E-state index >= 15 is 0 Å². The van der Waals surface area contributed by atoms with Gasteiger partial charge in [-0.3, -0.25) is 9.59 Å². The topological polar surface area (TPSA) is 49.9 Å². The van der Waals surface area contributed by atoms with Crippen LogP contribution in [0.15, 0.2) is 18.2 Å². The van der Waals surface area contributed by atoms with Crippen molar-refractivity contribution < 1.29 is 14.3 Å². The van der Waals surface area contributed by atoms with Crippen LogP contribution in [0.1, 0.15) is 50.2 Å². The molecule has 1 aromatic carbocycles. The molecular formula is C23H32N2O3. The van der Waals surface area contributed by atoms with E-state index in [2.05, 4.69) is 18.2 Å². The molecule has 2 saturated heterocycles. The van der Waals surface area contributed by atoms with Gasteiger partial charge in [0, 0.05) is 33.1 Å². The number of carbonyl (C=O) groups is 2. The van der Waals surface area contributed by atoms with Crippen molar-refractivity contribution in [3.63, 3.8) is 0 Å². The van der Waals surface area contributed by atoms with E-state index in [1.165, 1.54) is 30.4 Å². The SMILES string of the molecule is CC(=O)N1CCC[C@H](C(=O)N2CCC(COc3ccc4c(c3)CCC4)CC2)C1. The van der Waals surface area contributed by atoms with Gasteiger partial charge in [0.2, 0.25) is 11.8 Å². The van der Waals surface area contributed by atoms with E-state index < -0.39 is 0 Å². The average Bonchev–Trinajstić information content (AvgIpc) is 3.20. The maximum atomic E-state index is 12.9. The van der Waals surface area contributed by atoms with Gasteiger partial charge in [-0.1, -0.05) is 6.07 Å². The minimum atomic E-state index is -0.0168. The van der Waals surface area contributed by atoms with E-state index in [-0.39, 0.29) is 17.7 Å². The Balaban J connectivity index is 1.23. The molecule has 0 spiro atoms. The number of carbonyl (C=O) groups excluding carboxylic acids is 2. The number of amides is 2. The molecule has 0 aromatic heterocycles. The molecule has 1 aromatic rings. The minimum Gasteiger partial charge on any atom is -0.493 e. The Morgan fingerprint density at radius 3 is 2.57 bits per heavy atom. The molecule has 0 bridgehead atoms. The van der Waals surface area contributed by atoms with Crippen molar-refractivity contribution in [2.75, 3.05) is 32.8 Å². The van der Waals surface area contributed by atoms with Crippen LogP contribution >= 0.6 is 0 Å². The van der Waals surface area contributed by atoms with Gasteiger partial charge in [0.15, 0.2) is 0 Å². The van der Waals surface area contributed by atoms with Gasteiger partial charge in [-0.15, -0.1) is 0 Å². The summed E-state index contributed by atoms with van der Waals surface area (Å²) in [7, 11) is 0. The zero-order valence-electron chi connectivity index (χ0n) is 17.0. The Bertz CT molecular complexity index is 725. The number of aryl methyl sites for hydroxylation is 2. The van der Waals surface area contributed by atoms with Crippen LogP contribution in [0.25, 0.3) is 0 Å². The monoisotopic (exact) mass is 384 g/mol. The second-order valence-corrected chi connectivity index (χ2v) is 8.67. The molecule has 2 fully saturated rings. The number of rotatable bonds is 4. The number of fused-ring (bicyclic) bond motifs is 1. The maximum absolute atomic E-state index is 12.9. The standard InChI is InChI=1S/C23H32N2O3/c1-17(26)25-11-3-6-21(15-25)23(27)24-12-9-18(10-13-24)16-28-22-8-7-19-4-2-5-20(19)14-22/h7-8,14,18,21H,2-6,9-13,15-16H2,1H3/t21-/m0/s1. The fourth-order valence-corrected chi connectivity index (χ4v) is 4.89. The molecule has 4 rings (SSSR count). The van der Waals surface area contributed by atoms with E-state index in [1.54, 1.807) is 6.92 Å². The lowest BCUT2D eigenvalue weighted by atomic mass is 9.93. The van der Waals surface area contributed by atoms with Crippen LogP contribution in [0.2, 0.25) is 0 Å². The van der Waals surface area contributed by atoms with Gasteiger partial charge in [-0.05, 0) is 74.1 Å². The van der Waals surface area contributed by atoms with Crippen LogP contribution in [0, 0.1) is 11.8 Å². The minimum absolute atomic E-state index is 0.0168. The Labute approximate surface area is 168 Å². The van der Waals surface area contributed by atoms with Crippen LogP contribution in [0.5, 0.6) is 5.75 Å². The highest BCUT2D eigenvalue weighted by molar-refractivity contribution is 5.81. The lowest BCUT2D eigenvalue weighted by molar-refractivity contribution is -0.141. The zero-order chi connectivity index (χ0) is 19.5. The average molecular weight is 385 g/mol. The summed E-state index contributed by atoms with van der Waals surface area (Å²) in [6, 6.07) is 6.53. The van der Waals surface area contributed by atoms with Gasteiger partial charge >= 0.3 is 0 Å². The molecule has 5 nitrogen and oxygen atoms in total. The number of likely N-dealkylation sites (tertiary alicyclic amines) is 2. The Morgan fingerprint density at radius 1 is 1.00 bits per heavy atom. The van der Waals surface area contributed by atoms with Crippen molar-refractivity contribution in [2.24, 2.45) is 11.8 Å². The molecule has 0 radical (unpaired) electrons. The van der Waals surface area contributed by atoms with Crippen LogP contribution in [0.3, 0.4) is 0 Å². The number of piperidine rings is 2. The van der Waals surface area contributed by atoms with Crippen LogP contribution in [0.4, 0.5) is 0 Å². The highest BCUT2D eigenvalue weighted by Gasteiger charge is 2.32. The van der Waals surface area contributed by atoms with Crippen molar-refractivity contribution in [2.45, 2.75) is 51.9 Å². The second kappa shape index (κ2) is 8.54. The molecule has 1 aliphatic carbocycles. The molecule has 2 aliphatic heterocycles. The molecule has 1 atom stereocenters. The molecular weight excluding hydrogens is 352 g/mol. The fraction of sp³-hybridized carbons (Fsp3) is 0.652. The summed E-state index contributed by atoms with van der Waals surface area (Å²) in [4.78, 5) is 28.3. The summed E-state index contributed by atoms with van der Waals surface area (Å²) in [5.74, 6) is 1.81. The Kier molecular flexibility index (Phi) is 5.88. The summed E-state index contributed by atoms with van der Waals surface area (Å²) < 4.78 is 6.08. The smallest absolute Gasteiger partial charge is 0.227 e. The van der Waals surface area contributed by atoms with Crippen LogP contribution in [-0.4, -0.2) is 54.4 Å². The van der Waals surface area contributed by atoms with Gasteiger partial charge in [0.25, 0.3) is 0 Å². The number of ether oxygens (including phenoxy) is 1. The predicted molar refractivity (Wildman–Crippen MR) is 108 cm³/mol. The third-order valence-electron chi connectivity index (χ3n) is 6.70. The van der Waals surface area contributed by atoms with Crippen molar-refractivity contribution in [3.05, 3.63) is 29.3 Å². The van der Waals surface area contributed by atoms with Crippen molar-refractivity contribution in [1.29, 1.82) is 0 Å². The lowest BCUT2D eigenvalue weighted by Crippen LogP contribution is -2.48. The number of nitrogens with zero attached hydrogens (tertiary/aromatic N) is 2. The summed E-state index contributed by atoms with van der Waals surface area (Å²) in [5.41, 5.74) is 2.93. The van der Waals surface area contributed by atoms with Gasteiger partial charge in [-0.25, -0.2) is 0 Å². The van der Waals surface area contributed by atoms with Crippen molar-refractivity contribution >= 4 is 11.8 Å². The molecule has 0 unspecified atom stereocenters. The molecule has 3 aliphatic rings. The first-order valence-corrected chi connectivity index (χ1v) is 10.9. The predicted octanol–water partition coefficient (Wildman–Crippen LogP) is 3.05. The highest BCUT2D eigenvalue weighted by Crippen LogP contribution is 2.28. The first kappa shape index (κ1) is 19.3. The summed E-state index contributed by atoms with van der Waals surface area (Å²) in [6.45, 7) is 5.35. The number of hydrogen-bond acceptors (Lipinski definition) is 3.